The van der Waals surface area contributed by atoms with E-state index in [9.17, 15) is 13.2 Å². The van der Waals surface area contributed by atoms with Gasteiger partial charge in [0.25, 0.3) is 5.91 Å². The fourth-order valence-electron chi connectivity index (χ4n) is 4.97. The number of anilines is 1. The third kappa shape index (κ3) is 5.93. The van der Waals surface area contributed by atoms with Gasteiger partial charge in [-0.25, -0.2) is 18.4 Å². The first-order valence-corrected chi connectivity index (χ1v) is 15.7. The molecule has 0 saturated heterocycles. The number of pyridine rings is 4. The molecule has 43 heavy (non-hydrogen) atoms. The zero-order valence-corrected chi connectivity index (χ0v) is 25.1. The number of carbonyl (C=O) groups is 1. The van der Waals surface area contributed by atoms with Crippen molar-refractivity contribution in [1.29, 1.82) is 0 Å². The Hall–Kier alpha value is -4.78. The van der Waals surface area contributed by atoms with Crippen LogP contribution in [0.25, 0.3) is 22.3 Å². The molecule has 0 saturated carbocycles. The predicted octanol–water partition coefficient (Wildman–Crippen LogP) is 3.33. The van der Waals surface area contributed by atoms with E-state index < -0.39 is 15.7 Å². The molecule has 5 aromatic rings. The number of amides is 1. The van der Waals surface area contributed by atoms with Crippen LogP contribution in [-0.2, 0) is 34.9 Å². The molecule has 0 unspecified atom stereocenters. The summed E-state index contributed by atoms with van der Waals surface area (Å²) in [6, 6.07) is 12.9. The van der Waals surface area contributed by atoms with Crippen LogP contribution in [0.2, 0.25) is 0 Å². The van der Waals surface area contributed by atoms with Crippen molar-refractivity contribution < 1.29 is 13.2 Å². The summed E-state index contributed by atoms with van der Waals surface area (Å²) in [5.74, 6) is 2.32. The van der Waals surface area contributed by atoms with Crippen LogP contribution in [0.1, 0.15) is 48.5 Å². The standard InChI is InChI=1S/C30H31N9O3S/c1-30(2,3)29-37-36-27-18-38(10-11-39(27)29)26-7-5-6-23(35-26)24-9-8-19-15-32-21(13-25(19)34-24)16-33-28(40)20-12-22(17-31-14-20)43(4,41)42/h5-9,12-15,17H,10-11,16,18H2,1-4H3,(H,33,40). The summed E-state index contributed by atoms with van der Waals surface area (Å²) in [5, 5.41) is 12.5. The smallest absolute Gasteiger partial charge is 0.253 e. The average molecular weight is 598 g/mol. The Labute approximate surface area is 249 Å². The summed E-state index contributed by atoms with van der Waals surface area (Å²) >= 11 is 0. The Morgan fingerprint density at radius 1 is 0.977 bits per heavy atom. The van der Waals surface area contributed by atoms with Crippen molar-refractivity contribution in [2.75, 3.05) is 17.7 Å². The second kappa shape index (κ2) is 10.8. The molecule has 0 spiro atoms. The molecular weight excluding hydrogens is 566 g/mol. The topological polar surface area (TPSA) is 149 Å². The summed E-state index contributed by atoms with van der Waals surface area (Å²) in [4.78, 5) is 32.9. The van der Waals surface area contributed by atoms with Crippen molar-refractivity contribution in [3.05, 3.63) is 84.0 Å². The van der Waals surface area contributed by atoms with E-state index in [-0.39, 0.29) is 22.4 Å². The molecule has 6 heterocycles. The molecule has 0 aliphatic carbocycles. The summed E-state index contributed by atoms with van der Waals surface area (Å²) in [5.41, 5.74) is 2.86. The Balaban J connectivity index is 1.19. The lowest BCUT2D eigenvalue weighted by Gasteiger charge is -2.30. The van der Waals surface area contributed by atoms with Gasteiger partial charge in [-0.1, -0.05) is 26.8 Å². The van der Waals surface area contributed by atoms with Gasteiger partial charge in [-0.3, -0.25) is 14.8 Å². The van der Waals surface area contributed by atoms with Crippen LogP contribution in [0.4, 0.5) is 5.82 Å². The number of aromatic nitrogens is 7. The molecule has 1 amide bonds. The minimum absolute atomic E-state index is 0.0170. The highest BCUT2D eigenvalue weighted by atomic mass is 32.2. The van der Waals surface area contributed by atoms with Crippen molar-refractivity contribution in [1.82, 2.24) is 40.0 Å². The molecule has 5 aromatic heterocycles. The molecule has 0 atom stereocenters. The third-order valence-corrected chi connectivity index (χ3v) is 8.29. The van der Waals surface area contributed by atoms with Gasteiger partial charge in [0.15, 0.2) is 15.7 Å². The van der Waals surface area contributed by atoms with Crippen LogP contribution >= 0.6 is 0 Å². The first-order valence-electron chi connectivity index (χ1n) is 13.8. The number of nitrogens with zero attached hydrogens (tertiary/aromatic N) is 8. The lowest BCUT2D eigenvalue weighted by Crippen LogP contribution is -2.36. The van der Waals surface area contributed by atoms with Gasteiger partial charge < -0.3 is 14.8 Å². The van der Waals surface area contributed by atoms with E-state index >= 15 is 0 Å². The Morgan fingerprint density at radius 2 is 1.79 bits per heavy atom. The molecule has 12 nitrogen and oxygen atoms in total. The van der Waals surface area contributed by atoms with Crippen molar-refractivity contribution in [2.24, 2.45) is 0 Å². The van der Waals surface area contributed by atoms with Gasteiger partial charge in [0, 0.05) is 48.7 Å². The van der Waals surface area contributed by atoms with Gasteiger partial charge in [-0.05, 0) is 36.4 Å². The first kappa shape index (κ1) is 28.3. The highest BCUT2D eigenvalue weighted by molar-refractivity contribution is 7.90. The van der Waals surface area contributed by atoms with E-state index in [0.717, 1.165) is 53.6 Å². The number of hydrogen-bond donors (Lipinski definition) is 1. The van der Waals surface area contributed by atoms with E-state index in [2.05, 4.69) is 55.7 Å². The highest BCUT2D eigenvalue weighted by Gasteiger charge is 2.28. The number of sulfone groups is 1. The number of carbonyl (C=O) groups excluding carboxylic acids is 1. The maximum Gasteiger partial charge on any atom is 0.253 e. The molecule has 0 radical (unpaired) electrons. The molecule has 0 aromatic carbocycles. The van der Waals surface area contributed by atoms with Crippen LogP contribution in [0.3, 0.4) is 0 Å². The lowest BCUT2D eigenvalue weighted by atomic mass is 9.95. The average Bonchev–Trinajstić information content (AvgIpc) is 3.43. The molecule has 220 valence electrons. The fraction of sp³-hybridized carbons (Fsp3) is 0.300. The molecule has 0 fully saturated rings. The largest absolute Gasteiger partial charge is 0.347 e. The summed E-state index contributed by atoms with van der Waals surface area (Å²) in [7, 11) is -3.48. The molecule has 0 bridgehead atoms. The molecule has 1 aliphatic heterocycles. The summed E-state index contributed by atoms with van der Waals surface area (Å²) in [6.45, 7) is 8.79. The quantitative estimate of drug-likeness (QED) is 0.309. The number of fused-ring (bicyclic) bond motifs is 2. The van der Waals surface area contributed by atoms with Crippen LogP contribution in [0.5, 0.6) is 0 Å². The minimum atomic E-state index is -3.48. The van der Waals surface area contributed by atoms with Gasteiger partial charge in [0.2, 0.25) is 0 Å². The van der Waals surface area contributed by atoms with Gasteiger partial charge in [-0.15, -0.1) is 10.2 Å². The maximum absolute atomic E-state index is 12.7. The Kier molecular flexibility index (Phi) is 7.12. The maximum atomic E-state index is 12.7. The molecule has 1 N–H and O–H groups in total. The van der Waals surface area contributed by atoms with E-state index in [1.54, 1.807) is 6.20 Å². The zero-order chi connectivity index (χ0) is 30.4. The van der Waals surface area contributed by atoms with Crippen molar-refractivity contribution in [3.8, 4) is 11.4 Å². The van der Waals surface area contributed by atoms with Gasteiger partial charge in [0.1, 0.15) is 11.6 Å². The molecule has 13 heteroatoms. The van der Waals surface area contributed by atoms with Crippen LogP contribution in [-0.4, -0.2) is 61.8 Å². The Morgan fingerprint density at radius 3 is 2.58 bits per heavy atom. The van der Waals surface area contributed by atoms with Gasteiger partial charge in [0.05, 0.1) is 46.1 Å². The lowest BCUT2D eigenvalue weighted by molar-refractivity contribution is 0.0950. The number of nitrogens with one attached hydrogen (secondary N) is 1. The molecule has 6 rings (SSSR count). The van der Waals surface area contributed by atoms with Crippen molar-refractivity contribution in [2.45, 2.75) is 50.7 Å². The SMILES string of the molecule is CC(C)(C)c1nnc2n1CCN(c1cccc(-c3ccc4cnc(CNC(=O)c5cncc(S(C)(=O)=O)c5)cc4n3)n1)C2. The molecule has 1 aliphatic rings. The first-order chi connectivity index (χ1) is 20.5. The highest BCUT2D eigenvalue weighted by Crippen LogP contribution is 2.27. The Bertz CT molecular complexity index is 1970. The predicted molar refractivity (Wildman–Crippen MR) is 161 cm³/mol. The summed E-state index contributed by atoms with van der Waals surface area (Å²) < 4.78 is 25.8. The fourth-order valence-corrected chi connectivity index (χ4v) is 5.56. The normalized spacial score (nSPS) is 13.6. The van der Waals surface area contributed by atoms with E-state index in [4.69, 9.17) is 9.97 Å². The summed E-state index contributed by atoms with van der Waals surface area (Å²) in [6.07, 6.45) is 5.32. The number of hydrogen-bond acceptors (Lipinski definition) is 10. The molecular formula is C30H31N9O3S. The van der Waals surface area contributed by atoms with E-state index in [0.29, 0.717) is 17.8 Å². The van der Waals surface area contributed by atoms with Crippen molar-refractivity contribution in [3.63, 3.8) is 0 Å². The van der Waals surface area contributed by atoms with Gasteiger partial charge in [-0.2, -0.15) is 0 Å². The second-order valence-electron chi connectivity index (χ2n) is 11.6. The third-order valence-electron chi connectivity index (χ3n) is 7.21. The van der Waals surface area contributed by atoms with Crippen LogP contribution in [0, 0.1) is 0 Å². The van der Waals surface area contributed by atoms with E-state index in [1.165, 1.54) is 18.5 Å². The van der Waals surface area contributed by atoms with Crippen LogP contribution in [0.15, 0.2) is 66.0 Å². The van der Waals surface area contributed by atoms with Crippen LogP contribution < -0.4 is 10.2 Å². The van der Waals surface area contributed by atoms with Gasteiger partial charge >= 0.3 is 0 Å². The number of rotatable bonds is 6. The van der Waals surface area contributed by atoms with Crippen molar-refractivity contribution >= 4 is 32.5 Å². The second-order valence-corrected chi connectivity index (χ2v) is 13.6. The zero-order valence-electron chi connectivity index (χ0n) is 24.3. The van der Waals surface area contributed by atoms with E-state index in [1.807, 2.05) is 36.4 Å². The monoisotopic (exact) mass is 597 g/mol. The minimum Gasteiger partial charge on any atom is -0.347 e.